The van der Waals surface area contributed by atoms with Crippen LogP contribution < -0.4 is 16.2 Å². The van der Waals surface area contributed by atoms with Crippen LogP contribution in [0.15, 0.2) is 65.7 Å². The number of urea groups is 1. The number of amides is 2. The van der Waals surface area contributed by atoms with E-state index in [4.69, 9.17) is 0 Å². The number of nitrogens with zero attached hydrogens (tertiary/aromatic N) is 2. The molecule has 2 heterocycles. The lowest BCUT2D eigenvalue weighted by Gasteiger charge is -2.33. The molecule has 168 valence electrons. The number of aromatic nitrogens is 1. The smallest absolute Gasteiger partial charge is 0.306 e. The molecule has 2 amide bonds. The summed E-state index contributed by atoms with van der Waals surface area (Å²) < 4.78 is 27.4. The number of sulfonamides is 1. The average molecular weight is 454 g/mol. The number of hydrogen-bond donors (Lipinski definition) is 3. The molecule has 8 nitrogen and oxygen atoms in total. The van der Waals surface area contributed by atoms with Crippen molar-refractivity contribution in [2.24, 2.45) is 11.8 Å². The maximum absolute atomic E-state index is 13.0. The number of carbonyl (C=O) groups excluding carboxylic acids is 1. The molecule has 0 aliphatic carbocycles. The van der Waals surface area contributed by atoms with E-state index < -0.39 is 16.1 Å². The highest BCUT2D eigenvalue weighted by Crippen LogP contribution is 2.27. The van der Waals surface area contributed by atoms with Gasteiger partial charge < -0.3 is 5.32 Å². The van der Waals surface area contributed by atoms with Gasteiger partial charge in [-0.1, -0.05) is 50.2 Å². The van der Waals surface area contributed by atoms with Gasteiger partial charge in [-0.15, -0.1) is 0 Å². The number of anilines is 2. The summed E-state index contributed by atoms with van der Waals surface area (Å²) in [5, 5.41) is 4.75. The Balaban J connectivity index is 1.38. The lowest BCUT2D eigenvalue weighted by atomic mass is 9.94. The minimum atomic E-state index is -3.59. The molecule has 3 N–H and O–H groups in total. The average Bonchev–Trinajstić information content (AvgIpc) is 2.77. The molecule has 0 bridgehead atoms. The van der Waals surface area contributed by atoms with Gasteiger partial charge in [-0.25, -0.2) is 18.2 Å². The van der Waals surface area contributed by atoms with E-state index in [1.54, 1.807) is 0 Å². The van der Waals surface area contributed by atoms with Crippen LogP contribution in [0, 0.1) is 11.8 Å². The molecule has 2 aromatic carbocycles. The Morgan fingerprint density at radius 2 is 1.72 bits per heavy atom. The summed E-state index contributed by atoms with van der Waals surface area (Å²) in [6.45, 7) is 5.17. The van der Waals surface area contributed by atoms with Crippen LogP contribution in [0.3, 0.4) is 0 Å². The molecular weight excluding hydrogens is 426 g/mol. The van der Waals surface area contributed by atoms with Gasteiger partial charge in [0.15, 0.2) is 0 Å². The molecule has 0 saturated carbocycles. The number of carbonyl (C=O) groups is 1. The second kappa shape index (κ2) is 9.13. The van der Waals surface area contributed by atoms with E-state index in [9.17, 15) is 13.2 Å². The van der Waals surface area contributed by atoms with Crippen molar-refractivity contribution < 1.29 is 13.2 Å². The number of piperidine rings is 1. The van der Waals surface area contributed by atoms with E-state index in [0.717, 1.165) is 17.2 Å². The molecule has 1 saturated heterocycles. The topological polar surface area (TPSA) is 103 Å². The van der Waals surface area contributed by atoms with Crippen LogP contribution in [0.5, 0.6) is 0 Å². The molecule has 1 aliphatic heterocycles. The summed E-state index contributed by atoms with van der Waals surface area (Å²) in [5.74, 6) is 0.983. The molecule has 0 radical (unpaired) electrons. The highest BCUT2D eigenvalue weighted by Gasteiger charge is 2.31. The molecule has 9 heteroatoms. The van der Waals surface area contributed by atoms with Crippen molar-refractivity contribution in [3.05, 3.63) is 60.8 Å². The normalized spacial score (nSPS) is 19.4. The Morgan fingerprint density at radius 3 is 2.44 bits per heavy atom. The zero-order valence-corrected chi connectivity index (χ0v) is 18.9. The van der Waals surface area contributed by atoms with Gasteiger partial charge in [0.2, 0.25) is 10.0 Å². The Bertz CT molecular complexity index is 1200. The second-order valence-electron chi connectivity index (χ2n) is 8.38. The first kappa shape index (κ1) is 22.0. The highest BCUT2D eigenvalue weighted by molar-refractivity contribution is 7.89. The van der Waals surface area contributed by atoms with Crippen molar-refractivity contribution in [3.8, 4) is 0 Å². The number of hydrazine groups is 1. The van der Waals surface area contributed by atoms with Crippen molar-refractivity contribution in [2.75, 3.05) is 23.8 Å². The number of hydrogen-bond acceptors (Lipinski definition) is 5. The lowest BCUT2D eigenvalue weighted by molar-refractivity contribution is 0.222. The Kier molecular flexibility index (Phi) is 6.29. The molecule has 3 aromatic rings. The van der Waals surface area contributed by atoms with Gasteiger partial charge in [-0.2, -0.15) is 4.31 Å². The summed E-state index contributed by atoms with van der Waals surface area (Å²) in [4.78, 5) is 16.6. The van der Waals surface area contributed by atoms with Gasteiger partial charge in [0.05, 0.1) is 5.69 Å². The molecule has 1 aliphatic rings. The SMILES string of the molecule is C[C@H]1C[C@H](C)CN(S(=O)(=O)c2ccc(NNC(=O)Nc3cccc4ccccc34)nc2)C1. The third-order valence-electron chi connectivity index (χ3n) is 5.55. The van der Waals surface area contributed by atoms with Crippen molar-refractivity contribution in [3.63, 3.8) is 0 Å². The van der Waals surface area contributed by atoms with Crippen molar-refractivity contribution in [1.82, 2.24) is 14.7 Å². The first-order valence-corrected chi connectivity index (χ1v) is 12.0. The zero-order chi connectivity index (χ0) is 22.7. The van der Waals surface area contributed by atoms with Crippen LogP contribution >= 0.6 is 0 Å². The number of nitrogens with one attached hydrogen (secondary N) is 3. The molecule has 2 atom stereocenters. The Hall–Kier alpha value is -3.17. The lowest BCUT2D eigenvalue weighted by Crippen LogP contribution is -2.42. The number of pyridine rings is 1. The van der Waals surface area contributed by atoms with E-state index in [1.165, 1.54) is 22.6 Å². The predicted molar refractivity (Wildman–Crippen MR) is 126 cm³/mol. The summed E-state index contributed by atoms with van der Waals surface area (Å²) in [5.41, 5.74) is 5.91. The van der Waals surface area contributed by atoms with E-state index in [2.05, 4.69) is 35.0 Å². The van der Waals surface area contributed by atoms with Gasteiger partial charge in [-0.05, 0) is 41.8 Å². The van der Waals surface area contributed by atoms with Crippen LogP contribution in [0.2, 0.25) is 0 Å². The minimum Gasteiger partial charge on any atom is -0.306 e. The maximum atomic E-state index is 13.0. The van der Waals surface area contributed by atoms with Gasteiger partial charge in [0.1, 0.15) is 10.7 Å². The Labute approximate surface area is 188 Å². The first-order chi connectivity index (χ1) is 15.3. The van der Waals surface area contributed by atoms with Crippen LogP contribution in [0.25, 0.3) is 10.8 Å². The molecule has 1 aromatic heterocycles. The molecule has 4 rings (SSSR count). The maximum Gasteiger partial charge on any atom is 0.337 e. The summed E-state index contributed by atoms with van der Waals surface area (Å²) in [6, 6.07) is 16.0. The van der Waals surface area contributed by atoms with Crippen LogP contribution in [-0.4, -0.2) is 36.8 Å². The van der Waals surface area contributed by atoms with Gasteiger partial charge in [0.25, 0.3) is 0 Å². The number of rotatable bonds is 5. The van der Waals surface area contributed by atoms with Crippen molar-refractivity contribution in [1.29, 1.82) is 0 Å². The van der Waals surface area contributed by atoms with Gasteiger partial charge in [0, 0.05) is 24.7 Å². The highest BCUT2D eigenvalue weighted by atomic mass is 32.2. The molecule has 0 unspecified atom stereocenters. The number of fused-ring (bicyclic) bond motifs is 1. The second-order valence-corrected chi connectivity index (χ2v) is 10.3. The van der Waals surface area contributed by atoms with E-state index >= 15 is 0 Å². The minimum absolute atomic E-state index is 0.143. The van der Waals surface area contributed by atoms with Crippen LogP contribution in [0.1, 0.15) is 20.3 Å². The van der Waals surface area contributed by atoms with E-state index in [1.807, 2.05) is 42.5 Å². The monoisotopic (exact) mass is 453 g/mol. The van der Waals surface area contributed by atoms with Crippen molar-refractivity contribution >= 4 is 38.3 Å². The van der Waals surface area contributed by atoms with Crippen molar-refractivity contribution in [2.45, 2.75) is 25.2 Å². The molecular formula is C23H27N5O3S. The summed E-state index contributed by atoms with van der Waals surface area (Å²) >= 11 is 0. The number of benzene rings is 2. The van der Waals surface area contributed by atoms with Gasteiger partial charge >= 0.3 is 6.03 Å². The molecule has 1 fully saturated rings. The molecule has 32 heavy (non-hydrogen) atoms. The fourth-order valence-corrected chi connectivity index (χ4v) is 5.79. The zero-order valence-electron chi connectivity index (χ0n) is 18.1. The summed E-state index contributed by atoms with van der Waals surface area (Å²) in [7, 11) is -3.59. The summed E-state index contributed by atoms with van der Waals surface area (Å²) in [6.07, 6.45) is 2.34. The largest absolute Gasteiger partial charge is 0.337 e. The third kappa shape index (κ3) is 4.84. The van der Waals surface area contributed by atoms with E-state index in [0.29, 0.717) is 36.4 Å². The standard InChI is InChI=1S/C23H27N5O3S/c1-16-12-17(2)15-28(14-16)32(30,31)19-10-11-22(24-13-19)26-27-23(29)25-21-9-5-7-18-6-3-4-8-20(18)21/h3-11,13,16-17H,12,14-15H2,1-2H3,(H,24,26)(H2,25,27,29)/t16-,17-/m0/s1. The molecule has 0 spiro atoms. The van der Waals surface area contributed by atoms with Gasteiger partial charge in [-0.3, -0.25) is 10.9 Å². The third-order valence-corrected chi connectivity index (χ3v) is 7.37. The van der Waals surface area contributed by atoms with E-state index in [-0.39, 0.29) is 4.90 Å². The quantitative estimate of drug-likeness (QED) is 0.506. The predicted octanol–water partition coefficient (Wildman–Crippen LogP) is 4.05. The Morgan fingerprint density at radius 1 is 1.00 bits per heavy atom. The fraction of sp³-hybridized carbons (Fsp3) is 0.304. The fourth-order valence-electron chi connectivity index (χ4n) is 4.17. The van der Waals surface area contributed by atoms with Crippen LogP contribution in [-0.2, 0) is 10.0 Å². The van der Waals surface area contributed by atoms with Crippen LogP contribution in [0.4, 0.5) is 16.3 Å². The first-order valence-electron chi connectivity index (χ1n) is 10.6.